The van der Waals surface area contributed by atoms with Crippen molar-refractivity contribution in [1.82, 2.24) is 15.0 Å². The van der Waals surface area contributed by atoms with Gasteiger partial charge in [-0.25, -0.2) is 9.48 Å². The maximum atomic E-state index is 11.4. The SMILES string of the molecule is COc1ccc(OC)c(-n2nnc(C(=O)O)c2C(C)(C)C)c1. The van der Waals surface area contributed by atoms with Gasteiger partial charge in [-0.2, -0.15) is 0 Å². The fourth-order valence-electron chi connectivity index (χ4n) is 2.23. The summed E-state index contributed by atoms with van der Waals surface area (Å²) in [5.41, 5.74) is 0.529. The van der Waals surface area contributed by atoms with E-state index in [0.717, 1.165) is 0 Å². The van der Waals surface area contributed by atoms with Crippen LogP contribution < -0.4 is 9.47 Å². The first-order valence-electron chi connectivity index (χ1n) is 6.71. The molecular formula is C15H19N3O4. The molecule has 7 nitrogen and oxygen atoms in total. The van der Waals surface area contributed by atoms with Gasteiger partial charge >= 0.3 is 5.97 Å². The van der Waals surface area contributed by atoms with Gasteiger partial charge in [0.2, 0.25) is 0 Å². The van der Waals surface area contributed by atoms with Crippen molar-refractivity contribution >= 4 is 5.97 Å². The normalized spacial score (nSPS) is 11.3. The standard InChI is InChI=1S/C15H19N3O4/c1-15(2,3)13-12(14(19)20)16-17-18(13)10-8-9(21-4)6-7-11(10)22-5/h6-8H,1-5H3,(H,19,20). The average molecular weight is 305 g/mol. The predicted molar refractivity (Wildman–Crippen MR) is 80.1 cm³/mol. The Kier molecular flexibility index (Phi) is 4.07. The lowest BCUT2D eigenvalue weighted by Crippen LogP contribution is -2.21. The van der Waals surface area contributed by atoms with Crippen LogP contribution in [0.15, 0.2) is 18.2 Å². The summed E-state index contributed by atoms with van der Waals surface area (Å²) >= 11 is 0. The zero-order chi connectivity index (χ0) is 16.5. The first-order chi connectivity index (χ1) is 10.3. The van der Waals surface area contributed by atoms with Crippen LogP contribution in [-0.2, 0) is 5.41 Å². The summed E-state index contributed by atoms with van der Waals surface area (Å²) in [4.78, 5) is 11.4. The molecule has 1 N–H and O–H groups in total. The highest BCUT2D eigenvalue weighted by Gasteiger charge is 2.30. The third-order valence-corrected chi connectivity index (χ3v) is 3.20. The van der Waals surface area contributed by atoms with Crippen molar-refractivity contribution in [3.8, 4) is 17.2 Å². The van der Waals surface area contributed by atoms with Crippen LogP contribution in [0.4, 0.5) is 0 Å². The zero-order valence-corrected chi connectivity index (χ0v) is 13.2. The van der Waals surface area contributed by atoms with E-state index in [1.165, 1.54) is 11.8 Å². The largest absolute Gasteiger partial charge is 0.497 e. The fraction of sp³-hybridized carbons (Fsp3) is 0.400. The van der Waals surface area contributed by atoms with Crippen LogP contribution in [0.1, 0.15) is 37.0 Å². The van der Waals surface area contributed by atoms with Gasteiger partial charge in [-0.3, -0.25) is 0 Å². The van der Waals surface area contributed by atoms with Crippen LogP contribution in [-0.4, -0.2) is 40.3 Å². The molecule has 7 heteroatoms. The number of ether oxygens (including phenoxy) is 2. The van der Waals surface area contributed by atoms with E-state index < -0.39 is 11.4 Å². The summed E-state index contributed by atoms with van der Waals surface area (Å²) < 4.78 is 12.1. The second kappa shape index (κ2) is 5.67. The Morgan fingerprint density at radius 3 is 2.41 bits per heavy atom. The molecule has 0 aliphatic heterocycles. The maximum Gasteiger partial charge on any atom is 0.358 e. The summed E-state index contributed by atoms with van der Waals surface area (Å²) in [7, 11) is 3.09. The smallest absolute Gasteiger partial charge is 0.358 e. The van der Waals surface area contributed by atoms with Gasteiger partial charge in [-0.15, -0.1) is 5.10 Å². The number of carboxylic acid groups (broad SMARTS) is 1. The van der Waals surface area contributed by atoms with Gasteiger partial charge in [0.25, 0.3) is 0 Å². The van der Waals surface area contributed by atoms with Gasteiger partial charge in [0, 0.05) is 11.5 Å². The first kappa shape index (κ1) is 15.8. The third-order valence-electron chi connectivity index (χ3n) is 3.20. The highest BCUT2D eigenvalue weighted by Crippen LogP contribution is 2.32. The topological polar surface area (TPSA) is 86.5 Å². The van der Waals surface area contributed by atoms with E-state index in [-0.39, 0.29) is 5.69 Å². The van der Waals surface area contributed by atoms with Crippen molar-refractivity contribution in [1.29, 1.82) is 0 Å². The molecule has 0 saturated heterocycles. The molecule has 0 unspecified atom stereocenters. The summed E-state index contributed by atoms with van der Waals surface area (Å²) in [6, 6.07) is 5.23. The third kappa shape index (κ3) is 2.74. The van der Waals surface area contributed by atoms with E-state index >= 15 is 0 Å². The molecule has 0 aliphatic rings. The lowest BCUT2D eigenvalue weighted by Gasteiger charge is -2.21. The molecule has 1 aromatic heterocycles. The Hall–Kier alpha value is -2.57. The van der Waals surface area contributed by atoms with E-state index in [4.69, 9.17) is 9.47 Å². The number of methoxy groups -OCH3 is 2. The van der Waals surface area contributed by atoms with E-state index in [1.54, 1.807) is 25.3 Å². The Labute approximate surface area is 128 Å². The van der Waals surface area contributed by atoms with E-state index in [0.29, 0.717) is 22.9 Å². The fourth-order valence-corrected chi connectivity index (χ4v) is 2.23. The van der Waals surface area contributed by atoms with Crippen molar-refractivity contribution in [2.24, 2.45) is 0 Å². The minimum Gasteiger partial charge on any atom is -0.497 e. The summed E-state index contributed by atoms with van der Waals surface area (Å²) in [5.74, 6) is 0.0502. The molecule has 0 atom stereocenters. The number of aromatic carboxylic acids is 1. The van der Waals surface area contributed by atoms with Crippen molar-refractivity contribution in [2.45, 2.75) is 26.2 Å². The average Bonchev–Trinajstić information content (AvgIpc) is 2.91. The molecule has 0 fully saturated rings. The van der Waals surface area contributed by atoms with E-state index in [1.807, 2.05) is 20.8 Å². The minimum atomic E-state index is -1.11. The minimum absolute atomic E-state index is 0.0719. The number of rotatable bonds is 4. The van der Waals surface area contributed by atoms with Crippen LogP contribution in [0, 0.1) is 0 Å². The van der Waals surface area contributed by atoms with Crippen LogP contribution in [0.3, 0.4) is 0 Å². The monoisotopic (exact) mass is 305 g/mol. The molecular weight excluding hydrogens is 286 g/mol. The number of benzene rings is 1. The van der Waals surface area contributed by atoms with Gasteiger partial charge in [0.05, 0.1) is 19.9 Å². The highest BCUT2D eigenvalue weighted by molar-refractivity contribution is 5.87. The van der Waals surface area contributed by atoms with Gasteiger partial charge in [0.15, 0.2) is 5.69 Å². The van der Waals surface area contributed by atoms with Crippen LogP contribution in [0.2, 0.25) is 0 Å². The van der Waals surface area contributed by atoms with E-state index in [2.05, 4.69) is 10.3 Å². The van der Waals surface area contributed by atoms with Gasteiger partial charge in [-0.05, 0) is 12.1 Å². The molecule has 2 rings (SSSR count). The lowest BCUT2D eigenvalue weighted by atomic mass is 9.90. The molecule has 1 heterocycles. The van der Waals surface area contributed by atoms with Crippen molar-refractivity contribution in [3.63, 3.8) is 0 Å². The Morgan fingerprint density at radius 1 is 1.23 bits per heavy atom. The maximum absolute atomic E-state index is 11.4. The molecule has 2 aromatic rings. The number of carboxylic acids is 1. The summed E-state index contributed by atoms with van der Waals surface area (Å²) in [6.07, 6.45) is 0. The summed E-state index contributed by atoms with van der Waals surface area (Å²) in [6.45, 7) is 5.71. The number of carbonyl (C=O) groups is 1. The van der Waals surface area contributed by atoms with Crippen molar-refractivity contribution < 1.29 is 19.4 Å². The molecule has 22 heavy (non-hydrogen) atoms. The van der Waals surface area contributed by atoms with E-state index in [9.17, 15) is 9.90 Å². The number of hydrogen-bond donors (Lipinski definition) is 1. The van der Waals surface area contributed by atoms with Crippen molar-refractivity contribution in [2.75, 3.05) is 14.2 Å². The second-order valence-electron chi connectivity index (χ2n) is 5.79. The first-order valence-corrected chi connectivity index (χ1v) is 6.71. The van der Waals surface area contributed by atoms with Gasteiger partial charge in [0.1, 0.15) is 17.2 Å². The van der Waals surface area contributed by atoms with Gasteiger partial charge in [-0.1, -0.05) is 26.0 Å². The molecule has 0 spiro atoms. The predicted octanol–water partition coefficient (Wildman–Crippen LogP) is 2.28. The molecule has 0 radical (unpaired) electrons. The molecule has 118 valence electrons. The Bertz CT molecular complexity index is 701. The number of aromatic nitrogens is 3. The Morgan fingerprint density at radius 2 is 1.91 bits per heavy atom. The highest BCUT2D eigenvalue weighted by atomic mass is 16.5. The van der Waals surface area contributed by atoms with Crippen LogP contribution in [0.5, 0.6) is 11.5 Å². The zero-order valence-electron chi connectivity index (χ0n) is 13.2. The quantitative estimate of drug-likeness (QED) is 0.932. The number of nitrogens with zero attached hydrogens (tertiary/aromatic N) is 3. The second-order valence-corrected chi connectivity index (χ2v) is 5.79. The number of hydrogen-bond acceptors (Lipinski definition) is 5. The summed E-state index contributed by atoms with van der Waals surface area (Å²) in [5, 5.41) is 17.2. The van der Waals surface area contributed by atoms with Gasteiger partial charge < -0.3 is 14.6 Å². The molecule has 0 amide bonds. The molecule has 0 saturated carbocycles. The van der Waals surface area contributed by atoms with Crippen LogP contribution in [0.25, 0.3) is 5.69 Å². The lowest BCUT2D eigenvalue weighted by molar-refractivity contribution is 0.0687. The molecule has 1 aromatic carbocycles. The van der Waals surface area contributed by atoms with Crippen molar-refractivity contribution in [3.05, 3.63) is 29.6 Å². The Balaban J connectivity index is 2.75. The van der Waals surface area contributed by atoms with Crippen LogP contribution >= 0.6 is 0 Å². The molecule has 0 bridgehead atoms. The molecule has 0 aliphatic carbocycles.